The first kappa shape index (κ1) is 32.4. The first-order valence-electron chi connectivity index (χ1n) is 15.9. The maximum atomic E-state index is 10.7. The minimum absolute atomic E-state index is 0.0448. The van der Waals surface area contributed by atoms with E-state index in [2.05, 4.69) is 91.0 Å². The van der Waals surface area contributed by atoms with Crippen molar-refractivity contribution in [3.63, 3.8) is 0 Å². The van der Waals surface area contributed by atoms with E-state index in [0.717, 1.165) is 18.4 Å². The summed E-state index contributed by atoms with van der Waals surface area (Å²) in [6.45, 7) is 1.82. The van der Waals surface area contributed by atoms with E-state index < -0.39 is 7.26 Å². The van der Waals surface area contributed by atoms with Crippen LogP contribution in [0.15, 0.2) is 91.0 Å². The zero-order valence-electron chi connectivity index (χ0n) is 26.1. The van der Waals surface area contributed by atoms with Gasteiger partial charge in [0.1, 0.15) is 0 Å². The molecule has 0 aliphatic rings. The number of phenolic OH excluding ortho intramolecular Hbond substituents is 2. The van der Waals surface area contributed by atoms with Gasteiger partial charge >= 0.3 is 190 Å². The summed E-state index contributed by atoms with van der Waals surface area (Å²) in [6, 6.07) is 33.7. The molecule has 0 atom stereocenters. The summed E-state index contributed by atoms with van der Waals surface area (Å²) in [5.41, 5.74) is 1.41. The second kappa shape index (κ2) is 16.4. The van der Waals surface area contributed by atoms with Gasteiger partial charge in [-0.05, 0) is 6.92 Å². The fraction of sp³-hybridized carbons (Fsp3) is 0.368. The van der Waals surface area contributed by atoms with Crippen molar-refractivity contribution >= 4 is 23.2 Å². The maximum Gasteiger partial charge on any atom is 0.207 e. The molecule has 0 spiro atoms. The first-order chi connectivity index (χ1) is 21.0. The van der Waals surface area contributed by atoms with Gasteiger partial charge in [-0.25, -0.2) is 0 Å². The van der Waals surface area contributed by atoms with Crippen molar-refractivity contribution in [3.05, 3.63) is 102 Å². The summed E-state index contributed by atoms with van der Waals surface area (Å²) >= 11 is 0. The van der Waals surface area contributed by atoms with Gasteiger partial charge in [0.05, 0.1) is 14.2 Å². The van der Waals surface area contributed by atoms with Crippen LogP contribution in [0.2, 0.25) is 0 Å². The third-order valence-corrected chi connectivity index (χ3v) is 14.0. The minimum atomic E-state index is -2.11. The van der Waals surface area contributed by atoms with Gasteiger partial charge in [0, 0.05) is 5.56 Å². The number of ether oxygens (including phenoxy) is 2. The Morgan fingerprint density at radius 3 is 1.30 bits per heavy atom. The summed E-state index contributed by atoms with van der Waals surface area (Å²) in [5, 5.41) is 25.7. The average molecular weight is 601 g/mol. The molecule has 4 aromatic rings. The summed E-state index contributed by atoms with van der Waals surface area (Å²) in [6.07, 6.45) is 12.8. The predicted octanol–water partition coefficient (Wildman–Crippen LogP) is 8.20. The number of phenols is 2. The van der Waals surface area contributed by atoms with Gasteiger partial charge in [0.2, 0.25) is 11.5 Å². The van der Waals surface area contributed by atoms with Crippen LogP contribution < -0.4 is 25.4 Å². The molecule has 43 heavy (non-hydrogen) atoms. The number of benzene rings is 4. The van der Waals surface area contributed by atoms with Crippen LogP contribution in [0.25, 0.3) is 0 Å². The van der Waals surface area contributed by atoms with Gasteiger partial charge in [-0.3, -0.25) is 0 Å². The zero-order valence-corrected chi connectivity index (χ0v) is 27.1. The topological polar surface area (TPSA) is 58.9 Å². The van der Waals surface area contributed by atoms with E-state index in [1.807, 2.05) is 6.92 Å². The van der Waals surface area contributed by atoms with Gasteiger partial charge in [-0.1, -0.05) is 0 Å². The molecular formula is C38H49O4P. The van der Waals surface area contributed by atoms with Gasteiger partial charge in [0.25, 0.3) is 0 Å². The van der Waals surface area contributed by atoms with Crippen LogP contribution in [-0.4, -0.2) is 30.6 Å². The molecule has 0 radical (unpaired) electrons. The van der Waals surface area contributed by atoms with E-state index in [1.165, 1.54) is 81.2 Å². The fourth-order valence-electron chi connectivity index (χ4n) is 6.56. The van der Waals surface area contributed by atoms with E-state index in [4.69, 9.17) is 9.47 Å². The van der Waals surface area contributed by atoms with Crippen LogP contribution in [0.5, 0.6) is 23.0 Å². The molecule has 0 amide bonds. The zero-order chi connectivity index (χ0) is 30.5. The number of unbranched alkanes of at least 4 members (excludes halogenated alkanes) is 8. The molecule has 0 bridgehead atoms. The molecular weight excluding hydrogens is 551 g/mol. The standard InChI is InChI=1S/C38H49O4P/c1-30-34(36(40)38(42-3)37(41-2)35(30)39)28-20-9-7-5-4-6-8-10-21-29-43(31-22-14-11-15-23-31,32-24-16-12-17-25-32)33-26-18-13-19-27-33/h11-19,22-27,39-40,43H,4-10,20-21,28-29H2,1-3H3. The molecule has 5 heteroatoms. The fourth-order valence-corrected chi connectivity index (χ4v) is 11.5. The van der Waals surface area contributed by atoms with E-state index in [9.17, 15) is 10.2 Å². The maximum absolute atomic E-state index is 10.7. The molecule has 0 saturated heterocycles. The van der Waals surface area contributed by atoms with Crippen LogP contribution >= 0.6 is 7.26 Å². The Kier molecular flexibility index (Phi) is 12.4. The Bertz CT molecular complexity index is 1290. The largest absolute Gasteiger partial charge is 0.504 e. The van der Waals surface area contributed by atoms with E-state index in [-0.39, 0.29) is 23.0 Å². The molecule has 230 valence electrons. The van der Waals surface area contributed by atoms with Crippen molar-refractivity contribution in [2.24, 2.45) is 0 Å². The summed E-state index contributed by atoms with van der Waals surface area (Å²) in [5.74, 6) is 0.517. The Morgan fingerprint density at radius 1 is 0.512 bits per heavy atom. The van der Waals surface area contributed by atoms with Gasteiger partial charge < -0.3 is 19.7 Å². The quantitative estimate of drug-likeness (QED) is 0.0729. The van der Waals surface area contributed by atoms with Crippen molar-refractivity contribution in [1.29, 1.82) is 0 Å². The number of hydrogen-bond donors (Lipinski definition) is 2. The molecule has 4 rings (SSSR count). The van der Waals surface area contributed by atoms with Crippen molar-refractivity contribution < 1.29 is 19.7 Å². The van der Waals surface area contributed by atoms with Crippen molar-refractivity contribution in [2.75, 3.05) is 20.4 Å². The molecule has 0 unspecified atom stereocenters. The van der Waals surface area contributed by atoms with E-state index in [1.54, 1.807) is 0 Å². The summed E-state index contributed by atoms with van der Waals surface area (Å²) in [4.78, 5) is 0. The Labute approximate surface area is 259 Å². The SMILES string of the molecule is COc1c(O)c(C)c(CCCCCCCCCCC[PH](c2ccccc2)(c2ccccc2)c2ccccc2)c(O)c1OC. The second-order valence-electron chi connectivity index (χ2n) is 11.6. The van der Waals surface area contributed by atoms with Gasteiger partial charge in [-0.2, -0.15) is 0 Å². The van der Waals surface area contributed by atoms with Crippen LogP contribution in [0, 0.1) is 6.92 Å². The third kappa shape index (κ3) is 7.73. The minimum Gasteiger partial charge on any atom is -0.504 e. The first-order valence-corrected chi connectivity index (χ1v) is 18.1. The number of aromatic hydroxyl groups is 2. The molecule has 0 aliphatic carbocycles. The Hall–Kier alpha value is -3.49. The molecule has 0 fully saturated rings. The Balaban J connectivity index is 1.24. The van der Waals surface area contributed by atoms with Crippen molar-refractivity contribution in [1.82, 2.24) is 0 Å². The van der Waals surface area contributed by atoms with Crippen LogP contribution in [-0.2, 0) is 6.42 Å². The molecule has 0 saturated carbocycles. The normalized spacial score (nSPS) is 11.8. The molecule has 2 N–H and O–H groups in total. The number of rotatable bonds is 17. The van der Waals surface area contributed by atoms with Crippen molar-refractivity contribution in [2.45, 2.75) is 71.1 Å². The molecule has 4 nitrogen and oxygen atoms in total. The monoisotopic (exact) mass is 600 g/mol. The molecule has 4 aromatic carbocycles. The van der Waals surface area contributed by atoms with Gasteiger partial charge in [-0.15, -0.1) is 0 Å². The smallest absolute Gasteiger partial charge is 0.207 e. The third-order valence-electron chi connectivity index (χ3n) is 8.92. The van der Waals surface area contributed by atoms with Crippen LogP contribution in [0.4, 0.5) is 0 Å². The van der Waals surface area contributed by atoms with Gasteiger partial charge in [0.15, 0.2) is 11.5 Å². The van der Waals surface area contributed by atoms with Crippen LogP contribution in [0.3, 0.4) is 0 Å². The molecule has 0 aliphatic heterocycles. The molecule has 0 aromatic heterocycles. The predicted molar refractivity (Wildman–Crippen MR) is 184 cm³/mol. The van der Waals surface area contributed by atoms with Crippen LogP contribution in [0.1, 0.15) is 68.9 Å². The van der Waals surface area contributed by atoms with E-state index >= 15 is 0 Å². The number of methoxy groups -OCH3 is 2. The number of hydrogen-bond acceptors (Lipinski definition) is 4. The average Bonchev–Trinajstić information content (AvgIpc) is 3.06. The van der Waals surface area contributed by atoms with Crippen molar-refractivity contribution in [3.8, 4) is 23.0 Å². The summed E-state index contributed by atoms with van der Waals surface area (Å²) in [7, 11) is 0.826. The Morgan fingerprint density at radius 2 is 0.884 bits per heavy atom. The summed E-state index contributed by atoms with van der Waals surface area (Å²) < 4.78 is 10.5. The molecule has 0 heterocycles. The van der Waals surface area contributed by atoms with E-state index in [0.29, 0.717) is 12.0 Å². The second-order valence-corrected chi connectivity index (χ2v) is 15.6.